The summed E-state index contributed by atoms with van der Waals surface area (Å²) in [6.07, 6.45) is 0. The van der Waals surface area contributed by atoms with Gasteiger partial charge in [0.15, 0.2) is 0 Å². The van der Waals surface area contributed by atoms with E-state index in [0.717, 1.165) is 24.2 Å². The lowest BCUT2D eigenvalue weighted by Gasteiger charge is -2.09. The van der Waals surface area contributed by atoms with Crippen LogP contribution in [0.25, 0.3) is 11.3 Å². The van der Waals surface area contributed by atoms with Crippen LogP contribution in [0.3, 0.4) is 0 Å². The minimum absolute atomic E-state index is 0.0142. The van der Waals surface area contributed by atoms with E-state index in [1.807, 2.05) is 29.0 Å². The van der Waals surface area contributed by atoms with Crippen molar-refractivity contribution in [2.45, 2.75) is 16.8 Å². The largest absolute Gasteiger partial charge is 0.497 e. The molecule has 1 aromatic heterocycles. The summed E-state index contributed by atoms with van der Waals surface area (Å²) in [6, 6.07) is 18.2. The van der Waals surface area contributed by atoms with Gasteiger partial charge >= 0.3 is 0 Å². The molecule has 0 radical (unpaired) electrons. The molecular weight excluding hydrogens is 476 g/mol. The quantitative estimate of drug-likeness (QED) is 0.454. The number of ether oxygens (including phenoxy) is 1. The molecule has 0 fully saturated rings. The second-order valence-corrected chi connectivity index (χ2v) is 9.56. The molecule has 9 nitrogen and oxygen atoms in total. The number of hydrogen-bond acceptors (Lipinski definition) is 8. The average Bonchev–Trinajstić information content (AvgIpc) is 2.82. The highest BCUT2D eigenvalue weighted by Crippen LogP contribution is 2.26. The van der Waals surface area contributed by atoms with Gasteiger partial charge in [-0.2, -0.15) is 5.26 Å². The van der Waals surface area contributed by atoms with Gasteiger partial charge in [-0.1, -0.05) is 11.8 Å². The third kappa shape index (κ3) is 6.34. The molecule has 0 aliphatic carbocycles. The molecule has 0 unspecified atom stereocenters. The van der Waals surface area contributed by atoms with E-state index in [0.29, 0.717) is 27.7 Å². The zero-order valence-corrected chi connectivity index (χ0v) is 19.9. The van der Waals surface area contributed by atoms with E-state index in [-0.39, 0.29) is 16.6 Å². The smallest absolute Gasteiger partial charge is 0.264 e. The molecule has 0 spiro atoms. The summed E-state index contributed by atoms with van der Waals surface area (Å²) < 4.78 is 31.0. The van der Waals surface area contributed by atoms with Crippen molar-refractivity contribution in [1.29, 1.82) is 5.26 Å². The number of hydrogen-bond donors (Lipinski definition) is 2. The maximum Gasteiger partial charge on any atom is 0.264 e. The first kappa shape index (κ1) is 24.8. The van der Waals surface area contributed by atoms with Crippen molar-refractivity contribution in [3.63, 3.8) is 0 Å². The number of carbonyl (C=O) groups excluding carboxylic acids is 2. The maximum absolute atomic E-state index is 12.4. The number of nitrogens with one attached hydrogen (secondary N) is 2. The van der Waals surface area contributed by atoms with Crippen molar-refractivity contribution >= 4 is 39.3 Å². The third-order valence-corrected chi connectivity index (χ3v) is 6.87. The Hall–Kier alpha value is -3.88. The van der Waals surface area contributed by atoms with E-state index in [9.17, 15) is 23.3 Å². The van der Waals surface area contributed by atoms with Crippen molar-refractivity contribution in [1.82, 2.24) is 9.71 Å². The molecule has 0 aliphatic rings. The molecule has 0 atom stereocenters. The number of thioether (sulfide) groups is 1. The predicted octanol–water partition coefficient (Wildman–Crippen LogP) is 3.18. The van der Waals surface area contributed by atoms with Gasteiger partial charge in [0.25, 0.3) is 10.0 Å². The number of nitriles is 1. The summed E-state index contributed by atoms with van der Waals surface area (Å²) >= 11 is 1.12. The Morgan fingerprint density at radius 3 is 2.32 bits per heavy atom. The van der Waals surface area contributed by atoms with E-state index in [1.54, 1.807) is 19.2 Å². The molecule has 1 heterocycles. The molecule has 0 saturated heterocycles. The minimum atomic E-state index is -3.95. The summed E-state index contributed by atoms with van der Waals surface area (Å²) in [4.78, 5) is 27.9. The van der Waals surface area contributed by atoms with Gasteiger partial charge in [-0.3, -0.25) is 9.59 Å². The SMILES string of the molecule is COc1ccc(-c2ccc(C#N)c(SCC(=O)Nc3ccc(S(=O)(=O)NC(C)=O)cc3)n2)cc1. The van der Waals surface area contributed by atoms with E-state index in [2.05, 4.69) is 16.4 Å². The number of aromatic nitrogens is 1. The van der Waals surface area contributed by atoms with E-state index >= 15 is 0 Å². The second kappa shape index (κ2) is 10.8. The standard InChI is InChI=1S/C23H20N4O5S2/c1-15(28)27-34(30,31)20-10-6-18(7-11-20)25-22(29)14-33-23-17(13-24)5-12-21(26-23)16-3-8-19(32-2)9-4-16/h3-12H,14H2,1-2H3,(H,25,29)(H,27,28). The zero-order valence-electron chi connectivity index (χ0n) is 18.2. The first-order chi connectivity index (χ1) is 16.2. The van der Waals surface area contributed by atoms with E-state index in [4.69, 9.17) is 4.74 Å². The Bertz CT molecular complexity index is 1350. The Morgan fingerprint density at radius 1 is 1.06 bits per heavy atom. The minimum Gasteiger partial charge on any atom is -0.497 e. The summed E-state index contributed by atoms with van der Waals surface area (Å²) in [6.45, 7) is 1.10. The lowest BCUT2D eigenvalue weighted by molar-refractivity contribution is -0.117. The van der Waals surface area contributed by atoms with Crippen LogP contribution in [0.4, 0.5) is 5.69 Å². The summed E-state index contributed by atoms with van der Waals surface area (Å²) in [5, 5.41) is 12.5. The number of amides is 2. The molecule has 0 saturated carbocycles. The molecule has 2 amide bonds. The van der Waals surface area contributed by atoms with Crippen LogP contribution in [0.2, 0.25) is 0 Å². The summed E-state index contributed by atoms with van der Waals surface area (Å²) in [5.74, 6) is -0.358. The number of sulfonamides is 1. The van der Waals surface area contributed by atoms with Crippen LogP contribution in [-0.2, 0) is 19.6 Å². The van der Waals surface area contributed by atoms with Gasteiger partial charge in [-0.05, 0) is 60.7 Å². The molecular formula is C23H20N4O5S2. The molecule has 0 bridgehead atoms. The molecule has 174 valence electrons. The fourth-order valence-electron chi connectivity index (χ4n) is 2.85. The van der Waals surface area contributed by atoms with Crippen molar-refractivity contribution in [3.8, 4) is 23.1 Å². The Balaban J connectivity index is 1.67. The highest BCUT2D eigenvalue weighted by molar-refractivity contribution is 8.00. The average molecular weight is 497 g/mol. The number of carbonyl (C=O) groups is 2. The van der Waals surface area contributed by atoms with E-state index < -0.39 is 15.9 Å². The van der Waals surface area contributed by atoms with Crippen LogP contribution < -0.4 is 14.8 Å². The highest BCUT2D eigenvalue weighted by atomic mass is 32.2. The molecule has 2 aromatic carbocycles. The number of methoxy groups -OCH3 is 1. The first-order valence-electron chi connectivity index (χ1n) is 9.83. The fraction of sp³-hybridized carbons (Fsp3) is 0.130. The van der Waals surface area contributed by atoms with Crippen LogP contribution in [-0.4, -0.2) is 38.1 Å². The van der Waals surface area contributed by atoms with Crippen molar-refractivity contribution in [2.75, 3.05) is 18.2 Å². The van der Waals surface area contributed by atoms with Crippen LogP contribution in [0.1, 0.15) is 12.5 Å². The van der Waals surface area contributed by atoms with Crippen LogP contribution in [0.15, 0.2) is 70.6 Å². The van der Waals surface area contributed by atoms with Gasteiger partial charge in [0, 0.05) is 18.2 Å². The number of nitrogens with zero attached hydrogens (tertiary/aromatic N) is 2. The number of anilines is 1. The molecule has 0 aliphatic heterocycles. The van der Waals surface area contributed by atoms with Crippen molar-refractivity contribution in [3.05, 3.63) is 66.2 Å². The zero-order chi connectivity index (χ0) is 24.7. The summed E-state index contributed by atoms with van der Waals surface area (Å²) in [7, 11) is -2.37. The van der Waals surface area contributed by atoms with Crippen LogP contribution in [0, 0.1) is 11.3 Å². The Kier molecular flexibility index (Phi) is 7.88. The van der Waals surface area contributed by atoms with Gasteiger partial charge in [-0.15, -0.1) is 0 Å². The Morgan fingerprint density at radius 2 is 1.74 bits per heavy atom. The van der Waals surface area contributed by atoms with Crippen LogP contribution >= 0.6 is 11.8 Å². The maximum atomic E-state index is 12.4. The van der Waals surface area contributed by atoms with Crippen molar-refractivity contribution in [2.24, 2.45) is 0 Å². The number of rotatable bonds is 8. The highest BCUT2D eigenvalue weighted by Gasteiger charge is 2.16. The van der Waals surface area contributed by atoms with Gasteiger partial charge in [0.05, 0.1) is 29.0 Å². The molecule has 11 heteroatoms. The van der Waals surface area contributed by atoms with Gasteiger partial charge < -0.3 is 10.1 Å². The second-order valence-electron chi connectivity index (χ2n) is 6.91. The first-order valence-corrected chi connectivity index (χ1v) is 12.3. The molecule has 3 rings (SSSR count). The monoisotopic (exact) mass is 496 g/mol. The lowest BCUT2D eigenvalue weighted by atomic mass is 10.1. The topological polar surface area (TPSA) is 138 Å². The number of pyridine rings is 1. The van der Waals surface area contributed by atoms with Crippen LogP contribution in [0.5, 0.6) is 5.75 Å². The van der Waals surface area contributed by atoms with E-state index in [1.165, 1.54) is 24.3 Å². The third-order valence-electron chi connectivity index (χ3n) is 4.43. The van der Waals surface area contributed by atoms with Gasteiger partial charge in [0.2, 0.25) is 11.8 Å². The van der Waals surface area contributed by atoms with Gasteiger partial charge in [0.1, 0.15) is 16.8 Å². The molecule has 3 aromatic rings. The predicted molar refractivity (Wildman–Crippen MR) is 128 cm³/mol. The molecule has 2 N–H and O–H groups in total. The normalized spacial score (nSPS) is 10.7. The summed E-state index contributed by atoms with van der Waals surface area (Å²) in [5.41, 5.74) is 2.22. The lowest BCUT2D eigenvalue weighted by Crippen LogP contribution is -2.28. The number of benzene rings is 2. The molecule has 34 heavy (non-hydrogen) atoms. The fourth-order valence-corrected chi connectivity index (χ4v) is 4.62. The van der Waals surface area contributed by atoms with Crippen molar-refractivity contribution < 1.29 is 22.7 Å². The Labute approximate surface area is 201 Å². The van der Waals surface area contributed by atoms with Gasteiger partial charge in [-0.25, -0.2) is 18.1 Å².